The van der Waals surface area contributed by atoms with Gasteiger partial charge in [0.05, 0.1) is 18.8 Å². The van der Waals surface area contributed by atoms with Crippen molar-refractivity contribution in [1.82, 2.24) is 15.1 Å². The average Bonchev–Trinajstić information content (AvgIpc) is 3.03. The smallest absolute Gasteiger partial charge is 0.0587 e. The van der Waals surface area contributed by atoms with Crippen LogP contribution >= 0.6 is 0 Å². The quantitative estimate of drug-likeness (QED) is 0.720. The zero-order valence-electron chi connectivity index (χ0n) is 11.4. The van der Waals surface area contributed by atoms with Crippen LogP contribution in [0.15, 0.2) is 12.4 Å². The summed E-state index contributed by atoms with van der Waals surface area (Å²) in [6.07, 6.45) is 11.9. The molecule has 18 heavy (non-hydrogen) atoms. The Kier molecular flexibility index (Phi) is 5.68. The van der Waals surface area contributed by atoms with Crippen LogP contribution in [-0.4, -0.2) is 36.6 Å². The minimum atomic E-state index is 0.665. The van der Waals surface area contributed by atoms with Gasteiger partial charge in [-0.3, -0.25) is 4.68 Å². The number of aryl methyl sites for hydroxylation is 1. The van der Waals surface area contributed by atoms with Crippen molar-refractivity contribution in [1.29, 1.82) is 0 Å². The molecule has 1 N–H and O–H groups in total. The van der Waals surface area contributed by atoms with Crippen molar-refractivity contribution in [3.63, 3.8) is 0 Å². The lowest BCUT2D eigenvalue weighted by Crippen LogP contribution is -2.20. The number of nitrogens with one attached hydrogen (secondary N) is 1. The van der Waals surface area contributed by atoms with Crippen molar-refractivity contribution in [2.45, 2.75) is 44.6 Å². The van der Waals surface area contributed by atoms with Crippen LogP contribution in [0.2, 0.25) is 0 Å². The van der Waals surface area contributed by atoms with Crippen LogP contribution in [0, 0.1) is 0 Å². The summed E-state index contributed by atoms with van der Waals surface area (Å²) in [6, 6.07) is 0.665. The maximum Gasteiger partial charge on any atom is 0.0587 e. The van der Waals surface area contributed by atoms with E-state index in [-0.39, 0.29) is 0 Å². The molecule has 1 aliphatic rings. The van der Waals surface area contributed by atoms with Gasteiger partial charge in [0, 0.05) is 19.9 Å². The second-order valence-electron chi connectivity index (χ2n) is 5.11. The zero-order valence-corrected chi connectivity index (χ0v) is 11.4. The van der Waals surface area contributed by atoms with Gasteiger partial charge >= 0.3 is 0 Å². The molecule has 1 saturated carbocycles. The molecule has 0 aromatic carbocycles. The third-order valence-electron chi connectivity index (χ3n) is 3.66. The molecule has 2 rings (SSSR count). The minimum absolute atomic E-state index is 0.665. The summed E-state index contributed by atoms with van der Waals surface area (Å²) in [4.78, 5) is 0. The molecule has 0 atom stereocenters. The molecule has 0 saturated heterocycles. The topological polar surface area (TPSA) is 39.1 Å². The van der Waals surface area contributed by atoms with E-state index in [2.05, 4.69) is 21.3 Å². The molecule has 4 heteroatoms. The van der Waals surface area contributed by atoms with Crippen molar-refractivity contribution in [3.8, 4) is 0 Å². The SMILES string of the molecule is COCCNCCCc1cnn(C2CCCC2)c1. The molecule has 1 aromatic heterocycles. The minimum Gasteiger partial charge on any atom is -0.383 e. The van der Waals surface area contributed by atoms with E-state index in [1.807, 2.05) is 6.20 Å². The molecule has 0 amide bonds. The lowest BCUT2D eigenvalue weighted by Gasteiger charge is -2.08. The van der Waals surface area contributed by atoms with Crippen LogP contribution in [-0.2, 0) is 11.2 Å². The fourth-order valence-corrected chi connectivity index (χ4v) is 2.59. The van der Waals surface area contributed by atoms with Crippen molar-refractivity contribution in [2.24, 2.45) is 0 Å². The molecule has 4 nitrogen and oxygen atoms in total. The van der Waals surface area contributed by atoms with Crippen LogP contribution in [0.3, 0.4) is 0 Å². The predicted molar refractivity (Wildman–Crippen MR) is 72.8 cm³/mol. The standard InChI is InChI=1S/C14H25N3O/c1-18-10-9-15-8-4-5-13-11-16-17(12-13)14-6-2-3-7-14/h11-12,14-15H,2-10H2,1H3. The Balaban J connectivity index is 1.64. The molecule has 1 fully saturated rings. The molecule has 102 valence electrons. The second kappa shape index (κ2) is 7.54. The van der Waals surface area contributed by atoms with Gasteiger partial charge in [-0.05, 0) is 37.8 Å². The Hall–Kier alpha value is -0.870. The van der Waals surface area contributed by atoms with Gasteiger partial charge in [0.2, 0.25) is 0 Å². The van der Waals surface area contributed by atoms with E-state index >= 15 is 0 Å². The molecular weight excluding hydrogens is 226 g/mol. The Morgan fingerprint density at radius 3 is 3.00 bits per heavy atom. The van der Waals surface area contributed by atoms with Crippen LogP contribution < -0.4 is 5.32 Å². The third kappa shape index (κ3) is 4.10. The predicted octanol–water partition coefficient (Wildman–Crippen LogP) is 2.17. The fourth-order valence-electron chi connectivity index (χ4n) is 2.59. The number of ether oxygens (including phenoxy) is 1. The van der Waals surface area contributed by atoms with E-state index in [1.165, 1.54) is 37.7 Å². The highest BCUT2D eigenvalue weighted by molar-refractivity contribution is 5.05. The lowest BCUT2D eigenvalue weighted by atomic mass is 10.2. The first-order valence-electron chi connectivity index (χ1n) is 7.13. The van der Waals surface area contributed by atoms with Gasteiger partial charge in [-0.1, -0.05) is 12.8 Å². The summed E-state index contributed by atoms with van der Waals surface area (Å²) < 4.78 is 7.17. The third-order valence-corrected chi connectivity index (χ3v) is 3.66. The normalized spacial score (nSPS) is 16.5. The van der Waals surface area contributed by atoms with E-state index in [4.69, 9.17) is 4.74 Å². The largest absolute Gasteiger partial charge is 0.383 e. The zero-order chi connectivity index (χ0) is 12.6. The number of aromatic nitrogens is 2. The molecule has 0 bridgehead atoms. The van der Waals surface area contributed by atoms with Crippen LogP contribution in [0.4, 0.5) is 0 Å². The van der Waals surface area contributed by atoms with Crippen molar-refractivity contribution >= 4 is 0 Å². The Morgan fingerprint density at radius 1 is 1.39 bits per heavy atom. The summed E-state index contributed by atoms with van der Waals surface area (Å²) in [7, 11) is 1.74. The summed E-state index contributed by atoms with van der Waals surface area (Å²) in [6.45, 7) is 2.79. The highest BCUT2D eigenvalue weighted by Gasteiger charge is 2.17. The molecule has 0 unspecified atom stereocenters. The summed E-state index contributed by atoms with van der Waals surface area (Å²) in [5.41, 5.74) is 1.37. The van der Waals surface area contributed by atoms with Crippen molar-refractivity contribution in [3.05, 3.63) is 18.0 Å². The Bertz CT molecular complexity index is 332. The van der Waals surface area contributed by atoms with Gasteiger partial charge < -0.3 is 10.1 Å². The van der Waals surface area contributed by atoms with E-state index < -0.39 is 0 Å². The van der Waals surface area contributed by atoms with Crippen LogP contribution in [0.25, 0.3) is 0 Å². The van der Waals surface area contributed by atoms with Crippen molar-refractivity contribution in [2.75, 3.05) is 26.8 Å². The first-order chi connectivity index (χ1) is 8.90. The monoisotopic (exact) mass is 251 g/mol. The number of hydrogen-bond donors (Lipinski definition) is 1. The van der Waals surface area contributed by atoms with Gasteiger partial charge in [-0.2, -0.15) is 5.10 Å². The molecule has 0 radical (unpaired) electrons. The molecule has 1 aliphatic carbocycles. The highest BCUT2D eigenvalue weighted by Crippen LogP contribution is 2.28. The molecule has 1 aromatic rings. The van der Waals surface area contributed by atoms with E-state index in [1.54, 1.807) is 7.11 Å². The lowest BCUT2D eigenvalue weighted by molar-refractivity contribution is 0.199. The van der Waals surface area contributed by atoms with Gasteiger partial charge in [0.15, 0.2) is 0 Å². The van der Waals surface area contributed by atoms with Gasteiger partial charge in [0.1, 0.15) is 0 Å². The summed E-state index contributed by atoms with van der Waals surface area (Å²) >= 11 is 0. The Labute approximate surface area is 110 Å². The number of hydrogen-bond acceptors (Lipinski definition) is 3. The van der Waals surface area contributed by atoms with Crippen molar-refractivity contribution < 1.29 is 4.74 Å². The first kappa shape index (κ1) is 13.6. The van der Waals surface area contributed by atoms with Crippen LogP contribution in [0.5, 0.6) is 0 Å². The Morgan fingerprint density at radius 2 is 2.22 bits per heavy atom. The average molecular weight is 251 g/mol. The second-order valence-corrected chi connectivity index (χ2v) is 5.11. The maximum atomic E-state index is 4.99. The van der Waals surface area contributed by atoms with Gasteiger partial charge in [-0.25, -0.2) is 0 Å². The van der Waals surface area contributed by atoms with E-state index in [9.17, 15) is 0 Å². The molecular formula is C14H25N3O. The number of methoxy groups -OCH3 is 1. The van der Waals surface area contributed by atoms with Gasteiger partial charge in [-0.15, -0.1) is 0 Å². The molecule has 0 aliphatic heterocycles. The number of nitrogens with zero attached hydrogens (tertiary/aromatic N) is 2. The first-order valence-corrected chi connectivity index (χ1v) is 7.13. The van der Waals surface area contributed by atoms with E-state index in [0.29, 0.717) is 6.04 Å². The summed E-state index contributed by atoms with van der Waals surface area (Å²) in [5, 5.41) is 7.87. The van der Waals surface area contributed by atoms with Gasteiger partial charge in [0.25, 0.3) is 0 Å². The summed E-state index contributed by atoms with van der Waals surface area (Å²) in [5.74, 6) is 0. The van der Waals surface area contributed by atoms with Crippen LogP contribution in [0.1, 0.15) is 43.7 Å². The van der Waals surface area contributed by atoms with E-state index in [0.717, 1.165) is 26.1 Å². The molecule has 0 spiro atoms. The highest BCUT2D eigenvalue weighted by atomic mass is 16.5. The maximum absolute atomic E-state index is 4.99. The molecule has 1 heterocycles. The fraction of sp³-hybridized carbons (Fsp3) is 0.786. The number of rotatable bonds is 8.